The van der Waals surface area contributed by atoms with E-state index >= 15 is 0 Å². The first-order chi connectivity index (χ1) is 10.3. The summed E-state index contributed by atoms with van der Waals surface area (Å²) in [5.41, 5.74) is 9.00. The summed E-state index contributed by atoms with van der Waals surface area (Å²) in [7, 11) is 0. The first-order valence-corrected chi connectivity index (χ1v) is 6.38. The normalized spacial score (nSPS) is 11.6. The summed E-state index contributed by atoms with van der Waals surface area (Å²) in [5.74, 6) is -0.284. The van der Waals surface area contributed by atoms with Gasteiger partial charge in [0, 0.05) is 11.9 Å². The molecule has 22 heavy (non-hydrogen) atoms. The van der Waals surface area contributed by atoms with E-state index in [1.54, 1.807) is 22.9 Å². The molecular weight excluding hydrogens is 317 g/mol. The van der Waals surface area contributed by atoms with Gasteiger partial charge in [0.15, 0.2) is 5.11 Å². The van der Waals surface area contributed by atoms with Gasteiger partial charge in [-0.3, -0.25) is 5.43 Å². The van der Waals surface area contributed by atoms with Crippen LogP contribution >= 0.6 is 12.2 Å². The highest BCUT2D eigenvalue weighted by atomic mass is 32.1. The molecule has 2 aromatic rings. The first-order valence-electron chi connectivity index (χ1n) is 5.97. The van der Waals surface area contributed by atoms with Crippen molar-refractivity contribution in [3.63, 3.8) is 0 Å². The van der Waals surface area contributed by atoms with Crippen LogP contribution in [0.2, 0.25) is 0 Å². The molecule has 0 amide bonds. The molecule has 0 saturated heterocycles. The van der Waals surface area contributed by atoms with Gasteiger partial charge in [0.2, 0.25) is 0 Å². The molecule has 1 aromatic carbocycles. The quantitative estimate of drug-likeness (QED) is 0.514. The molecule has 1 aromatic heterocycles. The van der Waals surface area contributed by atoms with E-state index in [0.29, 0.717) is 11.4 Å². The van der Waals surface area contributed by atoms with Gasteiger partial charge in [-0.1, -0.05) is 0 Å². The van der Waals surface area contributed by atoms with Gasteiger partial charge in [0.05, 0.1) is 11.9 Å². The number of alkyl halides is 3. The summed E-state index contributed by atoms with van der Waals surface area (Å²) in [4.78, 5) is 0. The van der Waals surface area contributed by atoms with Crippen LogP contribution in [0.25, 0.3) is 5.69 Å². The number of aromatic nitrogens is 1. The number of nitrogens with two attached hydrogens (primary N) is 1. The summed E-state index contributed by atoms with van der Waals surface area (Å²) >= 11 is 4.61. The Labute approximate surface area is 129 Å². The number of hydrazone groups is 1. The van der Waals surface area contributed by atoms with Crippen LogP contribution in [0.5, 0.6) is 5.75 Å². The monoisotopic (exact) mass is 328 g/mol. The highest BCUT2D eigenvalue weighted by Gasteiger charge is 2.30. The molecule has 3 N–H and O–H groups in total. The van der Waals surface area contributed by atoms with Gasteiger partial charge in [0.1, 0.15) is 5.75 Å². The summed E-state index contributed by atoms with van der Waals surface area (Å²) in [5, 5.41) is 3.86. The number of nitrogens with one attached hydrogen (secondary N) is 1. The summed E-state index contributed by atoms with van der Waals surface area (Å²) in [6, 6.07) is 9.00. The Morgan fingerprint density at radius 3 is 2.55 bits per heavy atom. The smallest absolute Gasteiger partial charge is 0.406 e. The van der Waals surface area contributed by atoms with E-state index in [4.69, 9.17) is 5.73 Å². The minimum atomic E-state index is -4.71. The Morgan fingerprint density at radius 2 is 1.95 bits per heavy atom. The van der Waals surface area contributed by atoms with Crippen LogP contribution in [0.3, 0.4) is 0 Å². The van der Waals surface area contributed by atoms with Gasteiger partial charge < -0.3 is 15.0 Å². The van der Waals surface area contributed by atoms with Gasteiger partial charge in [0.25, 0.3) is 0 Å². The Hall–Kier alpha value is -2.55. The van der Waals surface area contributed by atoms with E-state index in [9.17, 15) is 13.2 Å². The zero-order valence-electron chi connectivity index (χ0n) is 11.0. The van der Waals surface area contributed by atoms with E-state index in [1.165, 1.54) is 30.5 Å². The molecule has 0 aliphatic carbocycles. The zero-order chi connectivity index (χ0) is 16.2. The van der Waals surface area contributed by atoms with Crippen molar-refractivity contribution < 1.29 is 17.9 Å². The Balaban J connectivity index is 2.17. The molecule has 0 aliphatic rings. The molecule has 1 heterocycles. The van der Waals surface area contributed by atoms with Crippen molar-refractivity contribution in [2.75, 3.05) is 0 Å². The third-order valence-corrected chi connectivity index (χ3v) is 2.59. The van der Waals surface area contributed by atoms with Gasteiger partial charge in [-0.15, -0.1) is 13.2 Å². The third kappa shape index (κ3) is 4.48. The average molecular weight is 328 g/mol. The maximum atomic E-state index is 12.1. The number of ether oxygens (including phenoxy) is 1. The fourth-order valence-corrected chi connectivity index (χ4v) is 1.76. The number of hydrogen-bond donors (Lipinski definition) is 2. The highest BCUT2D eigenvalue weighted by molar-refractivity contribution is 7.80. The summed E-state index contributed by atoms with van der Waals surface area (Å²) < 4.78 is 41.9. The second-order valence-electron chi connectivity index (χ2n) is 4.08. The van der Waals surface area contributed by atoms with Crippen LogP contribution in [0, 0.1) is 0 Å². The van der Waals surface area contributed by atoms with E-state index in [2.05, 4.69) is 27.5 Å². The number of nitrogens with zero attached hydrogens (tertiary/aromatic N) is 2. The van der Waals surface area contributed by atoms with Crippen LogP contribution < -0.4 is 15.9 Å². The number of rotatable bonds is 4. The molecular formula is C13H11F3N4OS. The van der Waals surface area contributed by atoms with Crippen molar-refractivity contribution >= 4 is 23.5 Å². The molecule has 0 radical (unpaired) electrons. The van der Waals surface area contributed by atoms with Crippen molar-refractivity contribution in [2.45, 2.75) is 6.36 Å². The summed E-state index contributed by atoms with van der Waals surface area (Å²) in [6.45, 7) is 0. The van der Waals surface area contributed by atoms with E-state index < -0.39 is 6.36 Å². The second-order valence-corrected chi connectivity index (χ2v) is 4.52. The van der Waals surface area contributed by atoms with E-state index in [0.717, 1.165) is 0 Å². The molecule has 0 aliphatic heterocycles. The Kier molecular flexibility index (Phi) is 4.66. The van der Waals surface area contributed by atoms with Gasteiger partial charge in [-0.25, -0.2) is 0 Å². The van der Waals surface area contributed by atoms with Crippen molar-refractivity contribution in [2.24, 2.45) is 10.8 Å². The minimum absolute atomic E-state index is 0.0306. The predicted octanol–water partition coefficient (Wildman–Crippen LogP) is 2.54. The molecule has 0 spiro atoms. The topological polar surface area (TPSA) is 64.6 Å². The maximum absolute atomic E-state index is 12.1. The van der Waals surface area contributed by atoms with Crippen molar-refractivity contribution in [3.8, 4) is 11.4 Å². The maximum Gasteiger partial charge on any atom is 0.573 e. The molecule has 0 unspecified atom stereocenters. The third-order valence-electron chi connectivity index (χ3n) is 2.50. The predicted molar refractivity (Wildman–Crippen MR) is 80.0 cm³/mol. The Bertz CT molecular complexity index is 679. The lowest BCUT2D eigenvalue weighted by Crippen LogP contribution is -2.24. The lowest BCUT2D eigenvalue weighted by Gasteiger charge is -2.10. The van der Waals surface area contributed by atoms with Gasteiger partial charge in [-0.2, -0.15) is 5.10 Å². The molecule has 0 bridgehead atoms. The highest BCUT2D eigenvalue weighted by Crippen LogP contribution is 2.24. The number of halogens is 3. The lowest BCUT2D eigenvalue weighted by atomic mass is 10.3. The molecule has 0 saturated carbocycles. The Morgan fingerprint density at radius 1 is 1.27 bits per heavy atom. The molecule has 0 atom stereocenters. The van der Waals surface area contributed by atoms with Crippen LogP contribution in [-0.2, 0) is 0 Å². The van der Waals surface area contributed by atoms with Crippen LogP contribution in [0.4, 0.5) is 13.2 Å². The van der Waals surface area contributed by atoms with E-state index in [1.807, 2.05) is 0 Å². The van der Waals surface area contributed by atoms with E-state index in [-0.39, 0.29) is 10.9 Å². The van der Waals surface area contributed by atoms with Gasteiger partial charge >= 0.3 is 6.36 Å². The molecule has 5 nitrogen and oxygen atoms in total. The molecule has 2 rings (SSSR count). The summed E-state index contributed by atoms with van der Waals surface area (Å²) in [6.07, 6.45) is -1.49. The van der Waals surface area contributed by atoms with Crippen molar-refractivity contribution in [3.05, 3.63) is 48.3 Å². The SMILES string of the molecule is NC(=S)N/N=C\c1cccn1-c1ccc(OC(F)(F)F)cc1. The largest absolute Gasteiger partial charge is 0.573 e. The average Bonchev–Trinajstić information content (AvgIpc) is 2.86. The number of benzene rings is 1. The minimum Gasteiger partial charge on any atom is -0.406 e. The van der Waals surface area contributed by atoms with Crippen LogP contribution in [-0.4, -0.2) is 22.3 Å². The second kappa shape index (κ2) is 6.48. The van der Waals surface area contributed by atoms with Gasteiger partial charge in [-0.05, 0) is 48.6 Å². The fraction of sp³-hybridized carbons (Fsp3) is 0.0769. The number of hydrogen-bond acceptors (Lipinski definition) is 3. The first kappa shape index (κ1) is 15.8. The molecule has 0 fully saturated rings. The van der Waals surface area contributed by atoms with Crippen molar-refractivity contribution in [1.29, 1.82) is 0 Å². The van der Waals surface area contributed by atoms with Crippen LogP contribution in [0.1, 0.15) is 5.69 Å². The zero-order valence-corrected chi connectivity index (χ0v) is 11.9. The fourth-order valence-electron chi connectivity index (χ4n) is 1.70. The standard InChI is InChI=1S/C13H11F3N4OS/c14-13(15,16)21-11-5-3-9(4-6-11)20-7-1-2-10(20)8-18-19-12(17)22/h1-8H,(H3,17,19,22)/b18-8-. The van der Waals surface area contributed by atoms with Crippen LogP contribution in [0.15, 0.2) is 47.7 Å². The number of thiocarbonyl (C=S) groups is 1. The molecule has 9 heteroatoms. The van der Waals surface area contributed by atoms with Crippen molar-refractivity contribution in [1.82, 2.24) is 9.99 Å². The molecule has 116 valence electrons. The lowest BCUT2D eigenvalue weighted by molar-refractivity contribution is -0.274.